The molecule has 1 fully saturated rings. The van der Waals surface area contributed by atoms with Gasteiger partial charge in [0.05, 0.1) is 11.2 Å². The Kier molecular flexibility index (Phi) is 3.51. The van der Waals surface area contributed by atoms with Gasteiger partial charge in [0.25, 0.3) is 0 Å². The Bertz CT molecular complexity index is 608. The molecule has 1 aromatic carbocycles. The van der Waals surface area contributed by atoms with E-state index in [2.05, 4.69) is 30.2 Å². The zero-order valence-electron chi connectivity index (χ0n) is 12.3. The van der Waals surface area contributed by atoms with E-state index in [1.807, 2.05) is 24.4 Å². The number of anilines is 2. The average molecular weight is 269 g/mol. The van der Waals surface area contributed by atoms with Crippen LogP contribution in [0.15, 0.2) is 30.5 Å². The SMILES string of the molecule is CC1CCC(Nc2ccc(N)c3cccnc23)CC1C. The minimum Gasteiger partial charge on any atom is -0.398 e. The third kappa shape index (κ3) is 2.45. The van der Waals surface area contributed by atoms with E-state index in [9.17, 15) is 0 Å². The van der Waals surface area contributed by atoms with E-state index in [0.717, 1.165) is 34.1 Å². The van der Waals surface area contributed by atoms with Gasteiger partial charge in [0.15, 0.2) is 0 Å². The van der Waals surface area contributed by atoms with Crippen LogP contribution in [0.1, 0.15) is 33.1 Å². The van der Waals surface area contributed by atoms with Gasteiger partial charge >= 0.3 is 0 Å². The van der Waals surface area contributed by atoms with Gasteiger partial charge in [-0.3, -0.25) is 4.98 Å². The van der Waals surface area contributed by atoms with Crippen molar-refractivity contribution < 1.29 is 0 Å². The number of nitrogens with two attached hydrogens (primary N) is 1. The van der Waals surface area contributed by atoms with Crippen LogP contribution in [-0.2, 0) is 0 Å². The lowest BCUT2D eigenvalue weighted by atomic mass is 9.79. The van der Waals surface area contributed by atoms with E-state index in [0.29, 0.717) is 6.04 Å². The normalized spacial score (nSPS) is 26.6. The maximum atomic E-state index is 6.03. The van der Waals surface area contributed by atoms with E-state index < -0.39 is 0 Å². The fourth-order valence-corrected chi connectivity index (χ4v) is 3.21. The van der Waals surface area contributed by atoms with Crippen molar-refractivity contribution in [2.45, 2.75) is 39.2 Å². The molecule has 2 aromatic rings. The molecule has 3 heteroatoms. The summed E-state index contributed by atoms with van der Waals surface area (Å²) in [6.07, 6.45) is 5.61. The lowest BCUT2D eigenvalue weighted by Crippen LogP contribution is -2.30. The van der Waals surface area contributed by atoms with Crippen LogP contribution >= 0.6 is 0 Å². The van der Waals surface area contributed by atoms with Crippen molar-refractivity contribution in [3.63, 3.8) is 0 Å². The molecule has 0 saturated heterocycles. The van der Waals surface area contributed by atoms with Crippen molar-refractivity contribution in [2.75, 3.05) is 11.1 Å². The fourth-order valence-electron chi connectivity index (χ4n) is 3.21. The third-order valence-corrected chi connectivity index (χ3v) is 4.76. The molecule has 106 valence electrons. The molecular formula is C17H23N3. The highest BCUT2D eigenvalue weighted by molar-refractivity contribution is 5.98. The van der Waals surface area contributed by atoms with Gasteiger partial charge in [0.1, 0.15) is 0 Å². The summed E-state index contributed by atoms with van der Waals surface area (Å²) in [5.74, 6) is 1.63. The number of nitrogen functional groups attached to an aromatic ring is 1. The first-order valence-electron chi connectivity index (χ1n) is 7.55. The van der Waals surface area contributed by atoms with Gasteiger partial charge in [-0.2, -0.15) is 0 Å². The first-order valence-corrected chi connectivity index (χ1v) is 7.55. The highest BCUT2D eigenvalue weighted by atomic mass is 14.9. The Morgan fingerprint density at radius 2 is 2.00 bits per heavy atom. The number of pyridine rings is 1. The van der Waals surface area contributed by atoms with Crippen molar-refractivity contribution in [2.24, 2.45) is 11.8 Å². The van der Waals surface area contributed by atoms with Crippen molar-refractivity contribution >= 4 is 22.3 Å². The van der Waals surface area contributed by atoms with Crippen molar-refractivity contribution in [3.8, 4) is 0 Å². The second-order valence-corrected chi connectivity index (χ2v) is 6.21. The predicted octanol–water partition coefficient (Wildman–Crippen LogP) is 4.05. The highest BCUT2D eigenvalue weighted by Gasteiger charge is 2.24. The van der Waals surface area contributed by atoms with Gasteiger partial charge < -0.3 is 11.1 Å². The largest absolute Gasteiger partial charge is 0.398 e. The number of fused-ring (bicyclic) bond motifs is 1. The van der Waals surface area contributed by atoms with E-state index in [1.54, 1.807) is 0 Å². The molecule has 1 heterocycles. The molecule has 0 radical (unpaired) electrons. The zero-order valence-corrected chi connectivity index (χ0v) is 12.3. The smallest absolute Gasteiger partial charge is 0.0953 e. The van der Waals surface area contributed by atoms with E-state index in [1.165, 1.54) is 19.3 Å². The quantitative estimate of drug-likeness (QED) is 0.808. The molecule has 0 amide bonds. The van der Waals surface area contributed by atoms with Crippen molar-refractivity contribution in [3.05, 3.63) is 30.5 Å². The van der Waals surface area contributed by atoms with Gasteiger partial charge in [0, 0.05) is 23.3 Å². The molecule has 1 saturated carbocycles. The Balaban J connectivity index is 1.86. The average Bonchev–Trinajstić information content (AvgIpc) is 2.46. The molecule has 3 unspecified atom stereocenters. The van der Waals surface area contributed by atoms with Crippen LogP contribution < -0.4 is 11.1 Å². The van der Waals surface area contributed by atoms with Crippen LogP contribution in [0, 0.1) is 11.8 Å². The van der Waals surface area contributed by atoms with E-state index >= 15 is 0 Å². The first-order chi connectivity index (χ1) is 9.65. The number of nitrogens with zero attached hydrogens (tertiary/aromatic N) is 1. The second kappa shape index (κ2) is 5.31. The summed E-state index contributed by atoms with van der Waals surface area (Å²) in [6, 6.07) is 8.56. The summed E-state index contributed by atoms with van der Waals surface area (Å²) in [6.45, 7) is 4.72. The summed E-state index contributed by atoms with van der Waals surface area (Å²) in [5.41, 5.74) is 8.92. The molecule has 3 rings (SSSR count). The minimum atomic E-state index is 0.551. The number of nitrogens with one attached hydrogen (secondary N) is 1. The van der Waals surface area contributed by atoms with Crippen LogP contribution in [0.3, 0.4) is 0 Å². The number of hydrogen-bond donors (Lipinski definition) is 2. The molecule has 20 heavy (non-hydrogen) atoms. The molecule has 3 N–H and O–H groups in total. The van der Waals surface area contributed by atoms with E-state index in [4.69, 9.17) is 5.73 Å². The standard InChI is InChI=1S/C17H23N3/c1-11-5-6-13(10-12(11)2)20-16-8-7-15(18)14-4-3-9-19-17(14)16/h3-4,7-9,11-13,20H,5-6,10,18H2,1-2H3. The van der Waals surface area contributed by atoms with Crippen molar-refractivity contribution in [1.29, 1.82) is 0 Å². The number of benzene rings is 1. The molecular weight excluding hydrogens is 246 g/mol. The molecule has 1 aromatic heterocycles. The van der Waals surface area contributed by atoms with Gasteiger partial charge in [-0.1, -0.05) is 13.8 Å². The summed E-state index contributed by atoms with van der Waals surface area (Å²) in [4.78, 5) is 4.50. The second-order valence-electron chi connectivity index (χ2n) is 6.21. The Morgan fingerprint density at radius 1 is 1.15 bits per heavy atom. The molecule has 3 atom stereocenters. The van der Waals surface area contributed by atoms with E-state index in [-0.39, 0.29) is 0 Å². The minimum absolute atomic E-state index is 0.551. The molecule has 0 aliphatic heterocycles. The fraction of sp³-hybridized carbons (Fsp3) is 0.471. The molecule has 0 bridgehead atoms. The first kappa shape index (κ1) is 13.2. The van der Waals surface area contributed by atoms with Gasteiger partial charge in [0.2, 0.25) is 0 Å². The Hall–Kier alpha value is -1.77. The third-order valence-electron chi connectivity index (χ3n) is 4.76. The molecule has 1 aliphatic rings. The molecule has 0 spiro atoms. The van der Waals surface area contributed by atoms with Crippen molar-refractivity contribution in [1.82, 2.24) is 4.98 Å². The maximum absolute atomic E-state index is 6.03. The molecule has 3 nitrogen and oxygen atoms in total. The summed E-state index contributed by atoms with van der Waals surface area (Å²) < 4.78 is 0. The highest BCUT2D eigenvalue weighted by Crippen LogP contribution is 2.33. The van der Waals surface area contributed by atoms with Crippen LogP contribution in [0.2, 0.25) is 0 Å². The number of hydrogen-bond acceptors (Lipinski definition) is 3. The monoisotopic (exact) mass is 269 g/mol. The van der Waals surface area contributed by atoms with Gasteiger partial charge in [-0.25, -0.2) is 0 Å². The summed E-state index contributed by atoms with van der Waals surface area (Å²) in [5, 5.41) is 4.72. The Morgan fingerprint density at radius 3 is 2.80 bits per heavy atom. The number of aromatic nitrogens is 1. The lowest BCUT2D eigenvalue weighted by molar-refractivity contribution is 0.261. The van der Waals surface area contributed by atoms with Gasteiger partial charge in [-0.05, 0) is 55.4 Å². The summed E-state index contributed by atoms with van der Waals surface area (Å²) >= 11 is 0. The molecule has 1 aliphatic carbocycles. The van der Waals surface area contributed by atoms with Crippen LogP contribution in [0.4, 0.5) is 11.4 Å². The predicted molar refractivity (Wildman–Crippen MR) is 85.7 cm³/mol. The number of rotatable bonds is 2. The lowest BCUT2D eigenvalue weighted by Gasteiger charge is -2.33. The van der Waals surface area contributed by atoms with Crippen LogP contribution in [0.5, 0.6) is 0 Å². The van der Waals surface area contributed by atoms with Gasteiger partial charge in [-0.15, -0.1) is 0 Å². The zero-order chi connectivity index (χ0) is 14.1. The topological polar surface area (TPSA) is 50.9 Å². The van der Waals surface area contributed by atoms with Crippen LogP contribution in [-0.4, -0.2) is 11.0 Å². The summed E-state index contributed by atoms with van der Waals surface area (Å²) in [7, 11) is 0. The Labute approximate surface area is 120 Å². The maximum Gasteiger partial charge on any atom is 0.0953 e. The van der Waals surface area contributed by atoms with Crippen LogP contribution in [0.25, 0.3) is 10.9 Å².